The molecule has 4 atom stereocenters. The highest BCUT2D eigenvalue weighted by Gasteiger charge is 2.54. The Labute approximate surface area is 147 Å². The predicted octanol–water partition coefficient (Wildman–Crippen LogP) is 4.66. The zero-order valence-electron chi connectivity index (χ0n) is 16.0. The largest absolute Gasteiger partial charge is 0.466 e. The summed E-state index contributed by atoms with van der Waals surface area (Å²) in [4.78, 5) is 11.4. The molecule has 3 nitrogen and oxygen atoms in total. The van der Waals surface area contributed by atoms with Crippen molar-refractivity contribution >= 4 is 5.97 Å². The molecular weight excluding hydrogens is 300 g/mol. The first-order chi connectivity index (χ1) is 11.3. The second-order valence-electron chi connectivity index (χ2n) is 8.29. The van der Waals surface area contributed by atoms with Gasteiger partial charge in [-0.25, -0.2) is 4.79 Å². The maximum absolute atomic E-state index is 11.4. The van der Waals surface area contributed by atoms with Crippen LogP contribution in [-0.2, 0) is 9.53 Å². The number of ether oxygens (including phenoxy) is 1. The van der Waals surface area contributed by atoms with Gasteiger partial charge in [-0.1, -0.05) is 31.1 Å². The minimum Gasteiger partial charge on any atom is -0.466 e. The number of carbonyl (C=O) groups excluding carboxylic acids is 1. The van der Waals surface area contributed by atoms with E-state index in [0.717, 1.165) is 31.3 Å². The van der Waals surface area contributed by atoms with Crippen LogP contribution in [0.5, 0.6) is 0 Å². The quantitative estimate of drug-likeness (QED) is 0.452. The van der Waals surface area contributed by atoms with Gasteiger partial charge in [-0.2, -0.15) is 0 Å². The van der Waals surface area contributed by atoms with Crippen molar-refractivity contribution in [3.05, 3.63) is 23.3 Å². The number of aliphatic hydroxyl groups is 1. The summed E-state index contributed by atoms with van der Waals surface area (Å²) in [5.41, 5.74) is 2.64. The van der Waals surface area contributed by atoms with E-state index >= 15 is 0 Å². The second kappa shape index (κ2) is 7.43. The molecule has 1 N–H and O–H groups in total. The zero-order chi connectivity index (χ0) is 18.0. The molecule has 3 heteroatoms. The standard InChI is InChI=1S/C21H34O3/c1-15(13-19(23)24-5)9-11-20(4)16(2)10-12-21(14-22)17(3)7-6-8-18(20)21/h7,13,16,18,22H,6,8-12,14H2,1-5H3/b15-13+/t16-,18-,20+,21+/m1/s1. The smallest absolute Gasteiger partial charge is 0.330 e. The Kier molecular flexibility index (Phi) is 5.95. The third-order valence-electron chi connectivity index (χ3n) is 7.21. The summed E-state index contributed by atoms with van der Waals surface area (Å²) in [6, 6.07) is 0. The van der Waals surface area contributed by atoms with Gasteiger partial charge in [0.05, 0.1) is 13.7 Å². The van der Waals surface area contributed by atoms with E-state index in [0.29, 0.717) is 11.8 Å². The average Bonchev–Trinajstić information content (AvgIpc) is 2.57. The van der Waals surface area contributed by atoms with Crippen LogP contribution in [-0.4, -0.2) is 24.8 Å². The van der Waals surface area contributed by atoms with Crippen LogP contribution in [0.2, 0.25) is 0 Å². The number of hydrogen-bond acceptors (Lipinski definition) is 3. The fourth-order valence-corrected chi connectivity index (χ4v) is 5.23. The zero-order valence-corrected chi connectivity index (χ0v) is 16.0. The molecule has 0 saturated heterocycles. The van der Waals surface area contributed by atoms with E-state index in [1.165, 1.54) is 25.5 Å². The fourth-order valence-electron chi connectivity index (χ4n) is 5.23. The lowest BCUT2D eigenvalue weighted by Gasteiger charge is -2.58. The molecule has 2 rings (SSSR count). The average molecular weight is 335 g/mol. The van der Waals surface area contributed by atoms with Crippen LogP contribution in [0, 0.1) is 22.7 Å². The molecule has 24 heavy (non-hydrogen) atoms. The maximum Gasteiger partial charge on any atom is 0.330 e. The molecular formula is C21H34O3. The lowest BCUT2D eigenvalue weighted by atomic mass is 9.46. The van der Waals surface area contributed by atoms with Crippen LogP contribution in [0.15, 0.2) is 23.3 Å². The maximum atomic E-state index is 11.4. The molecule has 0 aliphatic heterocycles. The van der Waals surface area contributed by atoms with Crippen molar-refractivity contribution in [3.63, 3.8) is 0 Å². The number of carbonyl (C=O) groups is 1. The summed E-state index contributed by atoms with van der Waals surface area (Å²) in [6.45, 7) is 9.27. The number of esters is 1. The summed E-state index contributed by atoms with van der Waals surface area (Å²) in [6.07, 6.45) is 10.5. The normalized spacial score (nSPS) is 36.8. The van der Waals surface area contributed by atoms with E-state index in [2.05, 4.69) is 26.8 Å². The third-order valence-corrected chi connectivity index (χ3v) is 7.21. The number of hydrogen-bond donors (Lipinski definition) is 1. The van der Waals surface area contributed by atoms with E-state index in [-0.39, 0.29) is 23.4 Å². The minimum absolute atomic E-state index is 0.0283. The molecule has 0 amide bonds. The first-order valence-electron chi connectivity index (χ1n) is 9.33. The highest BCUT2D eigenvalue weighted by molar-refractivity contribution is 5.82. The Morgan fingerprint density at radius 3 is 2.79 bits per heavy atom. The molecule has 2 aliphatic rings. The van der Waals surface area contributed by atoms with Gasteiger partial charge in [0.1, 0.15) is 0 Å². The highest BCUT2D eigenvalue weighted by atomic mass is 16.5. The van der Waals surface area contributed by atoms with Crippen molar-refractivity contribution in [2.24, 2.45) is 22.7 Å². The van der Waals surface area contributed by atoms with Crippen LogP contribution < -0.4 is 0 Å². The Balaban J connectivity index is 2.24. The predicted molar refractivity (Wildman–Crippen MR) is 97.5 cm³/mol. The summed E-state index contributed by atoms with van der Waals surface area (Å²) in [7, 11) is 1.42. The van der Waals surface area contributed by atoms with Crippen LogP contribution in [0.3, 0.4) is 0 Å². The topological polar surface area (TPSA) is 46.5 Å². The van der Waals surface area contributed by atoms with Gasteiger partial charge in [-0.3, -0.25) is 0 Å². The third kappa shape index (κ3) is 3.33. The number of rotatable bonds is 5. The van der Waals surface area contributed by atoms with Crippen LogP contribution >= 0.6 is 0 Å². The van der Waals surface area contributed by atoms with Gasteiger partial charge in [0, 0.05) is 11.5 Å². The molecule has 1 fully saturated rings. The first-order valence-corrected chi connectivity index (χ1v) is 9.33. The molecule has 0 radical (unpaired) electrons. The van der Waals surface area contributed by atoms with Gasteiger partial charge in [0.25, 0.3) is 0 Å². The minimum atomic E-state index is -0.268. The first kappa shape index (κ1) is 19.2. The van der Waals surface area contributed by atoms with E-state index in [1.54, 1.807) is 6.08 Å². The SMILES string of the molecule is COC(=O)/C=C(\C)CC[C@@]1(C)[C@H](C)CC[C@]2(CO)C(C)=CCC[C@@H]21. The molecule has 0 aromatic rings. The second-order valence-corrected chi connectivity index (χ2v) is 8.29. The molecule has 0 aromatic heterocycles. The fraction of sp³-hybridized carbons (Fsp3) is 0.762. The van der Waals surface area contributed by atoms with Crippen LogP contribution in [0.1, 0.15) is 66.2 Å². The number of fused-ring (bicyclic) bond motifs is 1. The van der Waals surface area contributed by atoms with Crippen molar-refractivity contribution < 1.29 is 14.6 Å². The number of aliphatic hydroxyl groups excluding tert-OH is 1. The van der Waals surface area contributed by atoms with Crippen molar-refractivity contribution in [2.45, 2.75) is 66.2 Å². The van der Waals surface area contributed by atoms with Crippen molar-refractivity contribution in [2.75, 3.05) is 13.7 Å². The van der Waals surface area contributed by atoms with Gasteiger partial charge >= 0.3 is 5.97 Å². The summed E-state index contributed by atoms with van der Waals surface area (Å²) >= 11 is 0. The van der Waals surface area contributed by atoms with Gasteiger partial charge in [0.15, 0.2) is 0 Å². The molecule has 2 aliphatic carbocycles. The molecule has 136 valence electrons. The van der Waals surface area contributed by atoms with Gasteiger partial charge in [0.2, 0.25) is 0 Å². The van der Waals surface area contributed by atoms with Crippen LogP contribution in [0.4, 0.5) is 0 Å². The Hall–Kier alpha value is -1.09. The van der Waals surface area contributed by atoms with E-state index in [9.17, 15) is 9.90 Å². The summed E-state index contributed by atoms with van der Waals surface area (Å²) in [5.74, 6) is 0.893. The molecule has 0 unspecified atom stereocenters. The lowest BCUT2D eigenvalue weighted by molar-refractivity contribution is -0.134. The van der Waals surface area contributed by atoms with Crippen LogP contribution in [0.25, 0.3) is 0 Å². The molecule has 0 heterocycles. The molecule has 0 bridgehead atoms. The molecule has 1 saturated carbocycles. The van der Waals surface area contributed by atoms with E-state index < -0.39 is 0 Å². The summed E-state index contributed by atoms with van der Waals surface area (Å²) in [5, 5.41) is 10.3. The highest BCUT2D eigenvalue weighted by Crippen LogP contribution is 2.61. The van der Waals surface area contributed by atoms with E-state index in [1.807, 2.05) is 6.92 Å². The van der Waals surface area contributed by atoms with Gasteiger partial charge in [-0.15, -0.1) is 0 Å². The number of allylic oxidation sites excluding steroid dienone is 2. The van der Waals surface area contributed by atoms with Crippen molar-refractivity contribution in [1.82, 2.24) is 0 Å². The summed E-state index contributed by atoms with van der Waals surface area (Å²) < 4.78 is 4.74. The van der Waals surface area contributed by atoms with E-state index in [4.69, 9.17) is 4.74 Å². The van der Waals surface area contributed by atoms with Gasteiger partial charge < -0.3 is 9.84 Å². The lowest BCUT2D eigenvalue weighted by Crippen LogP contribution is -2.52. The Morgan fingerprint density at radius 2 is 2.17 bits per heavy atom. The molecule has 0 spiro atoms. The molecule has 0 aromatic carbocycles. The van der Waals surface area contributed by atoms with Crippen molar-refractivity contribution in [1.29, 1.82) is 0 Å². The Bertz CT molecular complexity index is 533. The Morgan fingerprint density at radius 1 is 1.46 bits per heavy atom. The van der Waals surface area contributed by atoms with Crippen molar-refractivity contribution in [3.8, 4) is 0 Å². The van der Waals surface area contributed by atoms with Gasteiger partial charge in [-0.05, 0) is 69.6 Å². The monoisotopic (exact) mass is 334 g/mol. The number of methoxy groups -OCH3 is 1.